The lowest BCUT2D eigenvalue weighted by atomic mass is 10.1. The molecule has 0 bridgehead atoms. The maximum Gasteiger partial charge on any atom is 0.261 e. The van der Waals surface area contributed by atoms with Gasteiger partial charge in [0.1, 0.15) is 24.0 Å². The van der Waals surface area contributed by atoms with Gasteiger partial charge in [0.05, 0.1) is 10.7 Å². The lowest BCUT2D eigenvalue weighted by Crippen LogP contribution is -2.19. The molecule has 5 nitrogen and oxygen atoms in total. The molecule has 0 saturated carbocycles. The molecule has 0 unspecified atom stereocenters. The van der Waals surface area contributed by atoms with E-state index in [2.05, 4.69) is 10.3 Å². The number of nitrogens with zero attached hydrogens (tertiary/aromatic N) is 2. The molecule has 112 valence electrons. The Morgan fingerprint density at radius 2 is 2.18 bits per heavy atom. The van der Waals surface area contributed by atoms with Crippen LogP contribution in [-0.2, 0) is 11.4 Å². The Balaban J connectivity index is 2.02. The van der Waals surface area contributed by atoms with E-state index in [1.165, 1.54) is 13.1 Å². The SMILES string of the molecule is CNC(=O)/C(C#N)=C/c1ccc(OCc2csc(C)n2)cc1. The quantitative estimate of drug-likeness (QED) is 0.680. The molecule has 2 rings (SSSR count). The first-order valence-electron chi connectivity index (χ1n) is 6.60. The van der Waals surface area contributed by atoms with Gasteiger partial charge in [-0.2, -0.15) is 5.26 Å². The predicted octanol–water partition coefficient (Wildman–Crippen LogP) is 2.68. The number of nitrogens with one attached hydrogen (secondary N) is 1. The van der Waals surface area contributed by atoms with E-state index in [-0.39, 0.29) is 5.57 Å². The number of carbonyl (C=O) groups excluding carboxylic acids is 1. The molecule has 22 heavy (non-hydrogen) atoms. The van der Waals surface area contributed by atoms with Gasteiger partial charge in [0, 0.05) is 12.4 Å². The Kier molecular flexibility index (Phi) is 5.28. The summed E-state index contributed by atoms with van der Waals surface area (Å²) in [5.74, 6) is 0.308. The molecule has 0 atom stereocenters. The minimum Gasteiger partial charge on any atom is -0.487 e. The van der Waals surface area contributed by atoms with Gasteiger partial charge >= 0.3 is 0 Å². The molecule has 0 radical (unpaired) electrons. The number of thiazole rings is 1. The fraction of sp³-hybridized carbons (Fsp3) is 0.188. The van der Waals surface area contributed by atoms with Gasteiger partial charge in [-0.1, -0.05) is 12.1 Å². The number of amides is 1. The highest BCUT2D eigenvalue weighted by Crippen LogP contribution is 2.17. The topological polar surface area (TPSA) is 75.0 Å². The maximum atomic E-state index is 11.4. The molecule has 1 aromatic heterocycles. The zero-order chi connectivity index (χ0) is 15.9. The lowest BCUT2D eigenvalue weighted by molar-refractivity contribution is -0.116. The molecule has 0 saturated heterocycles. The number of benzene rings is 1. The molecule has 1 heterocycles. The summed E-state index contributed by atoms with van der Waals surface area (Å²) in [7, 11) is 1.49. The van der Waals surface area contributed by atoms with Gasteiger partial charge in [-0.05, 0) is 30.7 Å². The van der Waals surface area contributed by atoms with Crippen molar-refractivity contribution in [2.75, 3.05) is 7.05 Å². The summed E-state index contributed by atoms with van der Waals surface area (Å²) in [6.45, 7) is 2.37. The van der Waals surface area contributed by atoms with E-state index in [0.717, 1.165) is 16.3 Å². The molecule has 1 aromatic carbocycles. The van der Waals surface area contributed by atoms with Crippen LogP contribution in [0.2, 0.25) is 0 Å². The monoisotopic (exact) mass is 313 g/mol. The third kappa shape index (κ3) is 4.17. The second-order valence-corrected chi connectivity index (χ2v) is 5.53. The van der Waals surface area contributed by atoms with Crippen LogP contribution in [0.4, 0.5) is 0 Å². The number of carbonyl (C=O) groups is 1. The number of hydrogen-bond acceptors (Lipinski definition) is 5. The van der Waals surface area contributed by atoms with E-state index in [9.17, 15) is 4.79 Å². The summed E-state index contributed by atoms with van der Waals surface area (Å²) < 4.78 is 5.64. The Morgan fingerprint density at radius 3 is 2.73 bits per heavy atom. The normalized spacial score (nSPS) is 10.9. The van der Waals surface area contributed by atoms with E-state index in [0.29, 0.717) is 12.4 Å². The second kappa shape index (κ2) is 7.38. The largest absolute Gasteiger partial charge is 0.487 e. The molecular weight excluding hydrogens is 298 g/mol. The van der Waals surface area contributed by atoms with Crippen LogP contribution in [0.5, 0.6) is 5.75 Å². The van der Waals surface area contributed by atoms with Crippen molar-refractivity contribution in [3.05, 3.63) is 51.5 Å². The summed E-state index contributed by atoms with van der Waals surface area (Å²) in [6.07, 6.45) is 1.53. The molecule has 0 aliphatic carbocycles. The van der Waals surface area contributed by atoms with Crippen LogP contribution in [0, 0.1) is 18.3 Å². The molecular formula is C16H15N3O2S. The highest BCUT2D eigenvalue weighted by molar-refractivity contribution is 7.09. The minimum atomic E-state index is -0.401. The summed E-state index contributed by atoms with van der Waals surface area (Å²) in [6, 6.07) is 9.05. The number of ether oxygens (including phenoxy) is 1. The van der Waals surface area contributed by atoms with Crippen molar-refractivity contribution in [1.82, 2.24) is 10.3 Å². The van der Waals surface area contributed by atoms with Crippen molar-refractivity contribution in [2.24, 2.45) is 0 Å². The summed E-state index contributed by atoms with van der Waals surface area (Å²) in [4.78, 5) is 15.8. The van der Waals surface area contributed by atoms with Crippen LogP contribution in [0.15, 0.2) is 35.2 Å². The zero-order valence-electron chi connectivity index (χ0n) is 12.3. The van der Waals surface area contributed by atoms with E-state index in [1.54, 1.807) is 35.6 Å². The van der Waals surface area contributed by atoms with Gasteiger partial charge < -0.3 is 10.1 Å². The fourth-order valence-corrected chi connectivity index (χ4v) is 2.34. The van der Waals surface area contributed by atoms with Crippen molar-refractivity contribution in [1.29, 1.82) is 5.26 Å². The van der Waals surface area contributed by atoms with Crippen molar-refractivity contribution in [3.63, 3.8) is 0 Å². The van der Waals surface area contributed by atoms with Gasteiger partial charge in [0.15, 0.2) is 0 Å². The Labute approximate surface area is 132 Å². The van der Waals surface area contributed by atoms with Crippen molar-refractivity contribution < 1.29 is 9.53 Å². The van der Waals surface area contributed by atoms with Gasteiger partial charge in [-0.15, -0.1) is 11.3 Å². The average Bonchev–Trinajstić information content (AvgIpc) is 2.96. The molecule has 0 fully saturated rings. The summed E-state index contributed by atoms with van der Waals surface area (Å²) >= 11 is 1.59. The highest BCUT2D eigenvalue weighted by atomic mass is 32.1. The third-order valence-electron chi connectivity index (χ3n) is 2.84. The molecule has 0 aliphatic rings. The fourth-order valence-electron chi connectivity index (χ4n) is 1.74. The standard InChI is InChI=1S/C16H15N3O2S/c1-11-19-14(10-22-11)9-21-15-5-3-12(4-6-15)7-13(8-17)16(20)18-2/h3-7,10H,9H2,1-2H3,(H,18,20)/b13-7+. The van der Waals surface area contributed by atoms with Crippen molar-refractivity contribution in [3.8, 4) is 11.8 Å². The molecule has 6 heteroatoms. The first-order chi connectivity index (χ1) is 10.6. The average molecular weight is 313 g/mol. The van der Waals surface area contributed by atoms with Crippen molar-refractivity contribution >= 4 is 23.3 Å². The van der Waals surface area contributed by atoms with Crippen LogP contribution < -0.4 is 10.1 Å². The first kappa shape index (κ1) is 15.7. The van der Waals surface area contributed by atoms with Crippen molar-refractivity contribution in [2.45, 2.75) is 13.5 Å². The van der Waals surface area contributed by atoms with Gasteiger partial charge in [0.2, 0.25) is 0 Å². The van der Waals surface area contributed by atoms with Gasteiger partial charge in [-0.3, -0.25) is 4.79 Å². The second-order valence-electron chi connectivity index (χ2n) is 4.46. The number of likely N-dealkylation sites (N-methyl/N-ethyl adjacent to an activating group) is 1. The van der Waals surface area contributed by atoms with Crippen LogP contribution >= 0.6 is 11.3 Å². The summed E-state index contributed by atoms with van der Waals surface area (Å²) in [5, 5.41) is 14.4. The molecule has 0 spiro atoms. The van der Waals surface area contributed by atoms with Crippen LogP contribution in [0.25, 0.3) is 6.08 Å². The van der Waals surface area contributed by atoms with Crippen LogP contribution in [0.1, 0.15) is 16.3 Å². The number of aryl methyl sites for hydroxylation is 1. The Hall–Kier alpha value is -2.65. The smallest absolute Gasteiger partial charge is 0.261 e. The van der Waals surface area contributed by atoms with E-state index >= 15 is 0 Å². The zero-order valence-corrected chi connectivity index (χ0v) is 13.1. The Bertz CT molecular complexity index is 727. The number of aromatic nitrogens is 1. The van der Waals surface area contributed by atoms with E-state index < -0.39 is 5.91 Å². The van der Waals surface area contributed by atoms with E-state index in [4.69, 9.17) is 10.00 Å². The van der Waals surface area contributed by atoms with E-state index in [1.807, 2.05) is 18.4 Å². The first-order valence-corrected chi connectivity index (χ1v) is 7.48. The van der Waals surface area contributed by atoms with Gasteiger partial charge in [-0.25, -0.2) is 4.98 Å². The molecule has 2 aromatic rings. The highest BCUT2D eigenvalue weighted by Gasteiger charge is 2.06. The predicted molar refractivity (Wildman–Crippen MR) is 85.3 cm³/mol. The number of hydrogen-bond donors (Lipinski definition) is 1. The molecule has 1 N–H and O–H groups in total. The minimum absolute atomic E-state index is 0.0640. The third-order valence-corrected chi connectivity index (χ3v) is 3.66. The van der Waals surface area contributed by atoms with Crippen LogP contribution in [0.3, 0.4) is 0 Å². The number of rotatable bonds is 5. The Morgan fingerprint density at radius 1 is 1.45 bits per heavy atom. The molecule has 0 aliphatic heterocycles. The maximum absolute atomic E-state index is 11.4. The lowest BCUT2D eigenvalue weighted by Gasteiger charge is -2.04. The van der Waals surface area contributed by atoms with Crippen LogP contribution in [-0.4, -0.2) is 17.9 Å². The summed E-state index contributed by atoms with van der Waals surface area (Å²) in [5.41, 5.74) is 1.73. The number of nitriles is 1. The molecule has 1 amide bonds. The van der Waals surface area contributed by atoms with Gasteiger partial charge in [0.25, 0.3) is 5.91 Å².